The number of methoxy groups -OCH3 is 1. The van der Waals surface area contributed by atoms with Gasteiger partial charge in [0.1, 0.15) is 5.60 Å². The second kappa shape index (κ2) is 5.69. The van der Waals surface area contributed by atoms with E-state index in [1.165, 1.54) is 6.92 Å². The van der Waals surface area contributed by atoms with Crippen molar-refractivity contribution in [1.29, 1.82) is 0 Å². The molecule has 16 heavy (non-hydrogen) atoms. The Morgan fingerprint density at radius 2 is 1.81 bits per heavy atom. The first-order valence-corrected chi connectivity index (χ1v) is 4.93. The van der Waals surface area contributed by atoms with Crippen molar-refractivity contribution in [1.82, 2.24) is 5.32 Å². The Balaban J connectivity index is 4.19. The van der Waals surface area contributed by atoms with E-state index in [2.05, 4.69) is 10.1 Å². The Bertz CT molecular complexity index is 258. The van der Waals surface area contributed by atoms with Gasteiger partial charge in [-0.05, 0) is 27.7 Å². The number of ether oxygens (including phenoxy) is 2. The van der Waals surface area contributed by atoms with E-state index in [1.54, 1.807) is 20.8 Å². The molecule has 0 heterocycles. The number of hydrogen-bond donors (Lipinski definition) is 2. The molecule has 1 amide bonds. The summed E-state index contributed by atoms with van der Waals surface area (Å²) in [4.78, 5) is 22.2. The maximum absolute atomic E-state index is 11.3. The minimum atomic E-state index is -1.41. The van der Waals surface area contributed by atoms with E-state index in [-0.39, 0.29) is 0 Å². The van der Waals surface area contributed by atoms with Gasteiger partial charge in [-0.25, -0.2) is 9.59 Å². The van der Waals surface area contributed by atoms with Crippen LogP contribution in [0.2, 0.25) is 0 Å². The Hall–Kier alpha value is -1.30. The van der Waals surface area contributed by atoms with Gasteiger partial charge in [0.05, 0.1) is 13.2 Å². The Morgan fingerprint density at radius 3 is 2.19 bits per heavy atom. The van der Waals surface area contributed by atoms with E-state index in [0.717, 1.165) is 7.11 Å². The van der Waals surface area contributed by atoms with Crippen LogP contribution in [0.1, 0.15) is 27.7 Å². The van der Waals surface area contributed by atoms with E-state index < -0.39 is 29.8 Å². The first kappa shape index (κ1) is 14.7. The topological polar surface area (TPSA) is 84.9 Å². The van der Waals surface area contributed by atoms with Crippen molar-refractivity contribution >= 4 is 12.1 Å². The molecule has 0 aromatic rings. The molecule has 0 aromatic heterocycles. The summed E-state index contributed by atoms with van der Waals surface area (Å²) in [6.45, 7) is 6.63. The fourth-order valence-electron chi connectivity index (χ4n) is 0.897. The van der Waals surface area contributed by atoms with Gasteiger partial charge in [-0.3, -0.25) is 0 Å². The monoisotopic (exact) mass is 233 g/mol. The number of rotatable bonds is 3. The summed E-state index contributed by atoms with van der Waals surface area (Å²) in [6, 6.07) is -0.776. The number of aliphatic hydroxyl groups is 1. The van der Waals surface area contributed by atoms with Crippen molar-refractivity contribution < 1.29 is 24.2 Å². The van der Waals surface area contributed by atoms with Crippen molar-refractivity contribution in [2.75, 3.05) is 7.11 Å². The molecule has 0 saturated heterocycles. The SMILES string of the molecule is COC(=O)[C@@H](O)[C@H](C)NC(=O)OC(C)(C)C. The number of carbonyl (C=O) groups is 2. The van der Waals surface area contributed by atoms with Crippen LogP contribution in [0, 0.1) is 0 Å². The van der Waals surface area contributed by atoms with Crippen LogP contribution in [0.15, 0.2) is 0 Å². The first-order valence-electron chi connectivity index (χ1n) is 4.93. The molecule has 6 heteroatoms. The average Bonchev–Trinajstić information content (AvgIpc) is 2.12. The molecule has 0 aliphatic carbocycles. The molecule has 0 radical (unpaired) electrons. The standard InChI is InChI=1S/C10H19NO5/c1-6(7(12)8(13)15-5)11-9(14)16-10(2,3)4/h6-7,12H,1-5H3,(H,11,14)/t6-,7-/m0/s1. The number of nitrogens with one attached hydrogen (secondary N) is 1. The minimum absolute atomic E-state index is 0.625. The molecule has 0 aromatic carbocycles. The Morgan fingerprint density at radius 1 is 1.31 bits per heavy atom. The number of esters is 1. The van der Waals surface area contributed by atoms with Gasteiger partial charge in [-0.1, -0.05) is 0 Å². The van der Waals surface area contributed by atoms with Crippen molar-refractivity contribution in [2.45, 2.75) is 45.4 Å². The van der Waals surface area contributed by atoms with Crippen LogP contribution in [0.4, 0.5) is 4.79 Å². The van der Waals surface area contributed by atoms with Crippen molar-refractivity contribution in [2.24, 2.45) is 0 Å². The molecule has 0 fully saturated rings. The van der Waals surface area contributed by atoms with Gasteiger partial charge >= 0.3 is 12.1 Å². The summed E-state index contributed by atoms with van der Waals surface area (Å²) in [6.07, 6.45) is -2.10. The largest absolute Gasteiger partial charge is 0.467 e. The highest BCUT2D eigenvalue weighted by Gasteiger charge is 2.26. The predicted molar refractivity (Wildman–Crippen MR) is 56.9 cm³/mol. The first-order chi connectivity index (χ1) is 7.17. The number of amides is 1. The molecule has 6 nitrogen and oxygen atoms in total. The zero-order valence-electron chi connectivity index (χ0n) is 10.2. The molecular weight excluding hydrogens is 214 g/mol. The number of hydrogen-bond acceptors (Lipinski definition) is 5. The molecule has 0 unspecified atom stereocenters. The van der Waals surface area contributed by atoms with Gasteiger partial charge in [-0.2, -0.15) is 0 Å². The van der Waals surface area contributed by atoms with Crippen LogP contribution in [0.25, 0.3) is 0 Å². The Kier molecular flexibility index (Phi) is 5.23. The van der Waals surface area contributed by atoms with Gasteiger partial charge in [0.15, 0.2) is 6.10 Å². The quantitative estimate of drug-likeness (QED) is 0.691. The molecule has 0 rings (SSSR count). The number of carbonyl (C=O) groups excluding carboxylic acids is 2. The highest BCUT2D eigenvalue weighted by atomic mass is 16.6. The molecule has 2 atom stereocenters. The van der Waals surface area contributed by atoms with Crippen molar-refractivity contribution in [3.63, 3.8) is 0 Å². The van der Waals surface area contributed by atoms with Crippen LogP contribution in [-0.4, -0.2) is 42.0 Å². The van der Waals surface area contributed by atoms with Gasteiger partial charge in [-0.15, -0.1) is 0 Å². The van der Waals surface area contributed by atoms with E-state index in [1.807, 2.05) is 0 Å². The third-order valence-electron chi connectivity index (χ3n) is 1.66. The van der Waals surface area contributed by atoms with Gasteiger partial charge in [0.25, 0.3) is 0 Å². The van der Waals surface area contributed by atoms with Crippen LogP contribution < -0.4 is 5.32 Å². The highest BCUT2D eigenvalue weighted by molar-refractivity contribution is 5.76. The lowest BCUT2D eigenvalue weighted by Gasteiger charge is -2.23. The summed E-state index contributed by atoms with van der Waals surface area (Å²) in [5.41, 5.74) is -0.625. The minimum Gasteiger partial charge on any atom is -0.467 e. The summed E-state index contributed by atoms with van der Waals surface area (Å²) in [7, 11) is 1.16. The van der Waals surface area contributed by atoms with E-state index in [4.69, 9.17) is 4.74 Å². The van der Waals surface area contributed by atoms with Gasteiger partial charge in [0.2, 0.25) is 0 Å². The van der Waals surface area contributed by atoms with E-state index in [0.29, 0.717) is 0 Å². The molecular formula is C10H19NO5. The lowest BCUT2D eigenvalue weighted by molar-refractivity contribution is -0.151. The smallest absolute Gasteiger partial charge is 0.407 e. The fraction of sp³-hybridized carbons (Fsp3) is 0.800. The number of alkyl carbamates (subject to hydrolysis) is 1. The molecule has 0 aliphatic rings. The van der Waals surface area contributed by atoms with E-state index in [9.17, 15) is 14.7 Å². The predicted octanol–water partition coefficient (Wildman–Crippen LogP) is 0.433. The zero-order chi connectivity index (χ0) is 12.9. The molecule has 94 valence electrons. The Labute approximate surface area is 94.9 Å². The molecule has 0 bridgehead atoms. The summed E-state index contributed by atoms with van der Waals surface area (Å²) < 4.78 is 9.29. The van der Waals surface area contributed by atoms with Gasteiger partial charge < -0.3 is 19.9 Å². The normalized spacial score (nSPS) is 14.9. The third kappa shape index (κ3) is 5.55. The molecule has 2 N–H and O–H groups in total. The maximum Gasteiger partial charge on any atom is 0.407 e. The second-order valence-corrected chi connectivity index (χ2v) is 4.40. The zero-order valence-corrected chi connectivity index (χ0v) is 10.2. The highest BCUT2D eigenvalue weighted by Crippen LogP contribution is 2.07. The molecule has 0 saturated carbocycles. The summed E-state index contributed by atoms with van der Waals surface area (Å²) >= 11 is 0. The maximum atomic E-state index is 11.3. The third-order valence-corrected chi connectivity index (χ3v) is 1.66. The molecule has 0 spiro atoms. The van der Waals surface area contributed by atoms with Crippen LogP contribution in [0.5, 0.6) is 0 Å². The summed E-state index contributed by atoms with van der Waals surface area (Å²) in [5.74, 6) is -0.802. The van der Waals surface area contributed by atoms with Crippen molar-refractivity contribution in [3.05, 3.63) is 0 Å². The van der Waals surface area contributed by atoms with E-state index >= 15 is 0 Å². The second-order valence-electron chi connectivity index (χ2n) is 4.40. The number of aliphatic hydroxyl groups excluding tert-OH is 1. The summed E-state index contributed by atoms with van der Waals surface area (Å²) in [5, 5.41) is 11.7. The van der Waals surface area contributed by atoms with Crippen LogP contribution >= 0.6 is 0 Å². The molecule has 0 aliphatic heterocycles. The van der Waals surface area contributed by atoms with Gasteiger partial charge in [0, 0.05) is 0 Å². The van der Waals surface area contributed by atoms with Crippen molar-refractivity contribution in [3.8, 4) is 0 Å². The lowest BCUT2D eigenvalue weighted by Crippen LogP contribution is -2.47. The van der Waals surface area contributed by atoms with Crippen LogP contribution in [0.3, 0.4) is 0 Å². The lowest BCUT2D eigenvalue weighted by atomic mass is 10.2. The fourth-order valence-corrected chi connectivity index (χ4v) is 0.897. The average molecular weight is 233 g/mol. The van der Waals surface area contributed by atoms with Crippen LogP contribution in [-0.2, 0) is 14.3 Å².